The summed E-state index contributed by atoms with van der Waals surface area (Å²) in [5.74, 6) is -0.0689. The molecule has 0 atom stereocenters. The van der Waals surface area contributed by atoms with Gasteiger partial charge in [-0.3, -0.25) is 9.69 Å². The summed E-state index contributed by atoms with van der Waals surface area (Å²) < 4.78 is 0. The molecule has 0 saturated carbocycles. The van der Waals surface area contributed by atoms with E-state index in [4.69, 9.17) is 23.2 Å². The standard InChI is InChI=1S/C21H22Cl2N4O/c22-16-5-3-7-19(20(16)23)27-12-10-26(11-13-27)9-8-24-21(28)18-14-15-4-1-2-6-17(15)25-18/h1-7,14,25H,8-13H2,(H,24,28). The molecule has 1 aromatic heterocycles. The fourth-order valence-electron chi connectivity index (χ4n) is 3.57. The molecule has 0 unspecified atom stereocenters. The number of benzene rings is 2. The number of nitrogens with one attached hydrogen (secondary N) is 2. The zero-order valence-electron chi connectivity index (χ0n) is 15.4. The first-order valence-electron chi connectivity index (χ1n) is 9.39. The molecule has 1 fully saturated rings. The third-order valence-electron chi connectivity index (χ3n) is 5.13. The van der Waals surface area contributed by atoms with Gasteiger partial charge in [-0.15, -0.1) is 0 Å². The van der Waals surface area contributed by atoms with Crippen molar-refractivity contribution in [3.05, 3.63) is 64.3 Å². The smallest absolute Gasteiger partial charge is 0.267 e. The number of piperazine rings is 1. The van der Waals surface area contributed by atoms with Crippen LogP contribution < -0.4 is 10.2 Å². The Morgan fingerprint density at radius 2 is 1.82 bits per heavy atom. The third-order valence-corrected chi connectivity index (χ3v) is 5.94. The van der Waals surface area contributed by atoms with Gasteiger partial charge >= 0.3 is 0 Å². The average molecular weight is 417 g/mol. The van der Waals surface area contributed by atoms with Crippen LogP contribution in [-0.4, -0.2) is 55.1 Å². The van der Waals surface area contributed by atoms with Crippen molar-refractivity contribution < 1.29 is 4.79 Å². The van der Waals surface area contributed by atoms with Crippen molar-refractivity contribution in [2.75, 3.05) is 44.2 Å². The van der Waals surface area contributed by atoms with Crippen LogP contribution in [-0.2, 0) is 0 Å². The Labute approximate surface area is 174 Å². The SMILES string of the molecule is O=C(NCCN1CCN(c2cccc(Cl)c2Cl)CC1)c1cc2ccccc2[nH]1. The second-order valence-electron chi connectivity index (χ2n) is 6.93. The van der Waals surface area contributed by atoms with Crippen LogP contribution in [0.15, 0.2) is 48.5 Å². The van der Waals surface area contributed by atoms with Gasteiger partial charge in [-0.05, 0) is 24.3 Å². The van der Waals surface area contributed by atoms with Crippen molar-refractivity contribution in [3.63, 3.8) is 0 Å². The number of H-pyrrole nitrogens is 1. The molecule has 7 heteroatoms. The molecule has 0 spiro atoms. The van der Waals surface area contributed by atoms with Crippen molar-refractivity contribution in [1.82, 2.24) is 15.2 Å². The lowest BCUT2D eigenvalue weighted by molar-refractivity contribution is 0.0943. The lowest BCUT2D eigenvalue weighted by atomic mass is 10.2. The number of anilines is 1. The quantitative estimate of drug-likeness (QED) is 0.659. The molecule has 1 aliphatic rings. The minimum absolute atomic E-state index is 0.0689. The van der Waals surface area contributed by atoms with Crippen LogP contribution in [0.1, 0.15) is 10.5 Å². The highest BCUT2D eigenvalue weighted by molar-refractivity contribution is 6.43. The second-order valence-corrected chi connectivity index (χ2v) is 7.71. The maximum atomic E-state index is 12.4. The Morgan fingerprint density at radius 1 is 1.04 bits per heavy atom. The van der Waals surface area contributed by atoms with Gasteiger partial charge in [0.1, 0.15) is 5.69 Å². The molecule has 0 radical (unpaired) electrons. The number of rotatable bonds is 5. The summed E-state index contributed by atoms with van der Waals surface area (Å²) in [6.07, 6.45) is 0. The Balaban J connectivity index is 1.25. The molecule has 4 rings (SSSR count). The van der Waals surface area contributed by atoms with E-state index in [0.717, 1.165) is 49.3 Å². The van der Waals surface area contributed by atoms with E-state index < -0.39 is 0 Å². The normalized spacial score (nSPS) is 15.1. The van der Waals surface area contributed by atoms with Gasteiger partial charge in [0.25, 0.3) is 5.91 Å². The van der Waals surface area contributed by atoms with Crippen LogP contribution in [0.4, 0.5) is 5.69 Å². The number of aromatic nitrogens is 1. The Bertz CT molecular complexity index is 946. The van der Waals surface area contributed by atoms with Gasteiger partial charge in [0.2, 0.25) is 0 Å². The monoisotopic (exact) mass is 416 g/mol. The van der Waals surface area contributed by atoms with Crippen LogP contribution in [0.5, 0.6) is 0 Å². The van der Waals surface area contributed by atoms with Crippen molar-refractivity contribution in [2.45, 2.75) is 0 Å². The zero-order valence-corrected chi connectivity index (χ0v) is 16.9. The number of aromatic amines is 1. The summed E-state index contributed by atoms with van der Waals surface area (Å²) in [6, 6.07) is 15.5. The molecule has 1 amide bonds. The van der Waals surface area contributed by atoms with Gasteiger partial charge in [0.05, 0.1) is 15.7 Å². The average Bonchev–Trinajstić information content (AvgIpc) is 3.15. The Kier molecular flexibility index (Phi) is 5.76. The summed E-state index contributed by atoms with van der Waals surface area (Å²) in [5, 5.41) is 5.25. The van der Waals surface area contributed by atoms with Crippen LogP contribution >= 0.6 is 23.2 Å². The minimum Gasteiger partial charge on any atom is -0.368 e. The molecule has 1 saturated heterocycles. The lowest BCUT2D eigenvalue weighted by Gasteiger charge is -2.36. The Morgan fingerprint density at radius 3 is 2.61 bits per heavy atom. The molecule has 28 heavy (non-hydrogen) atoms. The van der Waals surface area contributed by atoms with Gasteiger partial charge in [0.15, 0.2) is 0 Å². The molecule has 1 aliphatic heterocycles. The topological polar surface area (TPSA) is 51.4 Å². The van der Waals surface area contributed by atoms with E-state index in [-0.39, 0.29) is 5.91 Å². The number of nitrogens with zero attached hydrogens (tertiary/aromatic N) is 2. The van der Waals surface area contributed by atoms with E-state index in [1.807, 2.05) is 42.5 Å². The summed E-state index contributed by atoms with van der Waals surface area (Å²) in [4.78, 5) is 20.1. The highest BCUT2D eigenvalue weighted by Gasteiger charge is 2.19. The van der Waals surface area contributed by atoms with Crippen molar-refractivity contribution in [2.24, 2.45) is 0 Å². The summed E-state index contributed by atoms with van der Waals surface area (Å²) in [7, 11) is 0. The predicted octanol–water partition coefficient (Wildman–Crippen LogP) is 4.03. The van der Waals surface area contributed by atoms with Crippen molar-refractivity contribution in [3.8, 4) is 0 Å². The third kappa shape index (κ3) is 4.12. The number of hydrogen-bond acceptors (Lipinski definition) is 3. The predicted molar refractivity (Wildman–Crippen MR) is 116 cm³/mol. The van der Waals surface area contributed by atoms with Crippen LogP contribution in [0.2, 0.25) is 10.0 Å². The first-order chi connectivity index (χ1) is 13.6. The van der Waals surface area contributed by atoms with E-state index in [9.17, 15) is 4.79 Å². The molecular formula is C21H22Cl2N4O. The zero-order chi connectivity index (χ0) is 19.5. The second kappa shape index (κ2) is 8.43. The van der Waals surface area contributed by atoms with Crippen molar-refractivity contribution >= 4 is 45.7 Å². The van der Waals surface area contributed by atoms with E-state index in [0.29, 0.717) is 22.3 Å². The van der Waals surface area contributed by atoms with Crippen LogP contribution in [0, 0.1) is 0 Å². The molecule has 2 N–H and O–H groups in total. The van der Waals surface area contributed by atoms with Gasteiger partial charge in [-0.1, -0.05) is 47.5 Å². The van der Waals surface area contributed by atoms with Crippen LogP contribution in [0.25, 0.3) is 10.9 Å². The largest absolute Gasteiger partial charge is 0.368 e. The number of carbonyl (C=O) groups is 1. The fourth-order valence-corrected chi connectivity index (χ4v) is 3.98. The van der Waals surface area contributed by atoms with E-state index in [2.05, 4.69) is 20.1 Å². The summed E-state index contributed by atoms with van der Waals surface area (Å²) in [6.45, 7) is 5.05. The summed E-state index contributed by atoms with van der Waals surface area (Å²) >= 11 is 12.5. The first kappa shape index (κ1) is 19.1. The fraction of sp³-hybridized carbons (Fsp3) is 0.286. The van der Waals surface area contributed by atoms with Crippen molar-refractivity contribution in [1.29, 1.82) is 0 Å². The van der Waals surface area contributed by atoms with E-state index in [1.165, 1.54) is 0 Å². The maximum Gasteiger partial charge on any atom is 0.267 e. The molecule has 146 valence electrons. The molecular weight excluding hydrogens is 395 g/mol. The molecule has 0 aliphatic carbocycles. The number of halogens is 2. The lowest BCUT2D eigenvalue weighted by Crippen LogP contribution is -2.48. The van der Waals surface area contributed by atoms with E-state index >= 15 is 0 Å². The number of amides is 1. The first-order valence-corrected chi connectivity index (χ1v) is 10.1. The molecule has 2 heterocycles. The maximum absolute atomic E-state index is 12.4. The number of carbonyl (C=O) groups excluding carboxylic acids is 1. The highest BCUT2D eigenvalue weighted by atomic mass is 35.5. The minimum atomic E-state index is -0.0689. The highest BCUT2D eigenvalue weighted by Crippen LogP contribution is 2.32. The number of fused-ring (bicyclic) bond motifs is 1. The van der Waals surface area contributed by atoms with Gasteiger partial charge in [-0.25, -0.2) is 0 Å². The van der Waals surface area contributed by atoms with Gasteiger partial charge in [-0.2, -0.15) is 0 Å². The van der Waals surface area contributed by atoms with Gasteiger partial charge in [0, 0.05) is 50.2 Å². The molecule has 0 bridgehead atoms. The Hall–Kier alpha value is -2.21. The van der Waals surface area contributed by atoms with E-state index in [1.54, 1.807) is 6.07 Å². The number of hydrogen-bond donors (Lipinski definition) is 2. The van der Waals surface area contributed by atoms with Crippen LogP contribution in [0.3, 0.4) is 0 Å². The molecule has 3 aromatic rings. The summed E-state index contributed by atoms with van der Waals surface area (Å²) in [5.41, 5.74) is 2.56. The molecule has 5 nitrogen and oxygen atoms in total. The molecule has 2 aromatic carbocycles. The van der Waals surface area contributed by atoms with Gasteiger partial charge < -0.3 is 15.2 Å². The number of para-hydroxylation sites is 1.